The molecule has 6 heteroatoms. The largest absolute Gasteiger partial charge is 0.349 e. The van der Waals surface area contributed by atoms with E-state index in [9.17, 15) is 4.79 Å². The second-order valence-electron chi connectivity index (χ2n) is 6.14. The van der Waals surface area contributed by atoms with Gasteiger partial charge in [-0.2, -0.15) is 0 Å². The molecule has 1 amide bonds. The molecule has 5 nitrogen and oxygen atoms in total. The lowest BCUT2D eigenvalue weighted by Crippen LogP contribution is -2.35. The lowest BCUT2D eigenvalue weighted by Gasteiger charge is -2.22. The van der Waals surface area contributed by atoms with Crippen LogP contribution in [0.25, 0.3) is 0 Å². The molecule has 0 N–H and O–H groups in total. The summed E-state index contributed by atoms with van der Waals surface area (Å²) in [6.45, 7) is 2.28. The Morgan fingerprint density at radius 2 is 1.65 bits per heavy atom. The average molecular weight is 430 g/mol. The molecule has 1 aliphatic heterocycles. The normalized spacial score (nSPS) is 13.6. The molecule has 0 spiro atoms. The standard InChI is InChI=1S/C17H26N4O.HI/c1-19(2)17(20(3)4)18-12-14-7-9-15(10-8-14)13-21-11-5-6-16(21)22;/h7-10H,5-6,11-13H2,1-4H3;1H. The third-order valence-corrected chi connectivity index (χ3v) is 3.77. The molecule has 0 bridgehead atoms. The minimum absolute atomic E-state index is 0. The summed E-state index contributed by atoms with van der Waals surface area (Å²) in [6, 6.07) is 8.40. The first-order chi connectivity index (χ1) is 10.5. The number of benzene rings is 1. The highest BCUT2D eigenvalue weighted by Gasteiger charge is 2.19. The SMILES string of the molecule is CN(C)C(=NCc1ccc(CN2CCCC2=O)cc1)N(C)C.I. The number of amides is 1. The van der Waals surface area contributed by atoms with Crippen molar-refractivity contribution in [3.8, 4) is 0 Å². The summed E-state index contributed by atoms with van der Waals surface area (Å²) < 4.78 is 0. The Morgan fingerprint density at radius 1 is 1.09 bits per heavy atom. The zero-order valence-corrected chi connectivity index (χ0v) is 16.8. The van der Waals surface area contributed by atoms with E-state index >= 15 is 0 Å². The van der Waals surface area contributed by atoms with Crippen molar-refractivity contribution in [1.29, 1.82) is 0 Å². The molecule has 0 aliphatic carbocycles. The summed E-state index contributed by atoms with van der Waals surface area (Å²) in [6.07, 6.45) is 1.69. The fraction of sp³-hybridized carbons (Fsp3) is 0.529. The molecular weight excluding hydrogens is 403 g/mol. The first-order valence-electron chi connectivity index (χ1n) is 7.72. The van der Waals surface area contributed by atoms with Gasteiger partial charge in [-0.1, -0.05) is 24.3 Å². The van der Waals surface area contributed by atoms with E-state index < -0.39 is 0 Å². The molecule has 1 aliphatic rings. The van der Waals surface area contributed by atoms with Crippen LogP contribution in [0.2, 0.25) is 0 Å². The first kappa shape index (κ1) is 19.7. The number of rotatable bonds is 4. The second-order valence-corrected chi connectivity index (χ2v) is 6.14. The van der Waals surface area contributed by atoms with Crippen LogP contribution < -0.4 is 0 Å². The van der Waals surface area contributed by atoms with Crippen molar-refractivity contribution in [2.24, 2.45) is 4.99 Å². The molecule has 0 aromatic heterocycles. The summed E-state index contributed by atoms with van der Waals surface area (Å²) in [5.74, 6) is 1.22. The maximum Gasteiger partial charge on any atom is 0.222 e. The maximum absolute atomic E-state index is 11.6. The highest BCUT2D eigenvalue weighted by Crippen LogP contribution is 2.15. The van der Waals surface area contributed by atoms with Crippen molar-refractivity contribution in [1.82, 2.24) is 14.7 Å². The Hall–Kier alpha value is -1.31. The molecule has 23 heavy (non-hydrogen) atoms. The predicted molar refractivity (Wildman–Crippen MR) is 105 cm³/mol. The van der Waals surface area contributed by atoms with E-state index in [2.05, 4.69) is 29.3 Å². The zero-order chi connectivity index (χ0) is 16.1. The smallest absolute Gasteiger partial charge is 0.222 e. The van der Waals surface area contributed by atoms with Crippen LogP contribution in [0.3, 0.4) is 0 Å². The monoisotopic (exact) mass is 430 g/mol. The van der Waals surface area contributed by atoms with Crippen molar-refractivity contribution in [3.63, 3.8) is 0 Å². The highest BCUT2D eigenvalue weighted by atomic mass is 127. The van der Waals surface area contributed by atoms with Crippen molar-refractivity contribution >= 4 is 35.8 Å². The van der Waals surface area contributed by atoms with Crippen LogP contribution in [0.1, 0.15) is 24.0 Å². The fourth-order valence-corrected chi connectivity index (χ4v) is 2.69. The van der Waals surface area contributed by atoms with Gasteiger partial charge in [-0.05, 0) is 17.5 Å². The lowest BCUT2D eigenvalue weighted by molar-refractivity contribution is -0.128. The Balaban J connectivity index is 0.00000264. The first-order valence-corrected chi connectivity index (χ1v) is 7.72. The molecule has 128 valence electrons. The van der Waals surface area contributed by atoms with E-state index in [0.717, 1.165) is 25.5 Å². The summed E-state index contributed by atoms with van der Waals surface area (Å²) in [5, 5.41) is 0. The Bertz CT molecular complexity index is 530. The average Bonchev–Trinajstić information content (AvgIpc) is 2.85. The number of aliphatic imine (C=N–C) groups is 1. The van der Waals surface area contributed by atoms with Crippen molar-refractivity contribution in [3.05, 3.63) is 35.4 Å². The van der Waals surface area contributed by atoms with E-state index in [1.54, 1.807) is 0 Å². The molecule has 0 atom stereocenters. The maximum atomic E-state index is 11.6. The van der Waals surface area contributed by atoms with Gasteiger partial charge < -0.3 is 14.7 Å². The third-order valence-electron chi connectivity index (χ3n) is 3.77. The van der Waals surface area contributed by atoms with Crippen LogP contribution >= 0.6 is 24.0 Å². The van der Waals surface area contributed by atoms with Gasteiger partial charge in [0.05, 0.1) is 6.54 Å². The minimum Gasteiger partial charge on any atom is -0.349 e. The lowest BCUT2D eigenvalue weighted by atomic mass is 10.1. The Kier molecular flexibility index (Phi) is 7.81. The van der Waals surface area contributed by atoms with Crippen LogP contribution in [0.5, 0.6) is 0 Å². The van der Waals surface area contributed by atoms with Gasteiger partial charge in [0.15, 0.2) is 5.96 Å². The van der Waals surface area contributed by atoms with Crippen molar-refractivity contribution in [2.75, 3.05) is 34.7 Å². The molecule has 0 unspecified atom stereocenters. The summed E-state index contributed by atoms with van der Waals surface area (Å²) in [5.41, 5.74) is 2.36. The molecule has 1 saturated heterocycles. The van der Waals surface area contributed by atoms with Crippen LogP contribution in [-0.4, -0.2) is 61.3 Å². The number of halogens is 1. The van der Waals surface area contributed by atoms with Gasteiger partial charge in [-0.25, -0.2) is 4.99 Å². The van der Waals surface area contributed by atoms with Gasteiger partial charge in [0.1, 0.15) is 0 Å². The van der Waals surface area contributed by atoms with Crippen LogP contribution in [-0.2, 0) is 17.9 Å². The van der Waals surface area contributed by atoms with Crippen LogP contribution in [0.4, 0.5) is 0 Å². The molecule has 1 aromatic rings. The van der Waals surface area contributed by atoms with E-state index in [4.69, 9.17) is 0 Å². The van der Waals surface area contributed by atoms with Gasteiger partial charge in [-0.3, -0.25) is 4.79 Å². The van der Waals surface area contributed by atoms with Crippen LogP contribution in [0, 0.1) is 0 Å². The summed E-state index contributed by atoms with van der Waals surface area (Å²) >= 11 is 0. The van der Waals surface area contributed by atoms with Gasteiger partial charge in [0, 0.05) is 47.7 Å². The number of nitrogens with zero attached hydrogens (tertiary/aromatic N) is 4. The topological polar surface area (TPSA) is 39.1 Å². The number of guanidine groups is 1. The highest BCUT2D eigenvalue weighted by molar-refractivity contribution is 14.0. The molecular formula is C17H27IN4O. The van der Waals surface area contributed by atoms with Gasteiger partial charge >= 0.3 is 0 Å². The van der Waals surface area contributed by atoms with E-state index in [-0.39, 0.29) is 29.9 Å². The number of hydrogen-bond donors (Lipinski definition) is 0. The number of carbonyl (C=O) groups excluding carboxylic acids is 1. The van der Waals surface area contributed by atoms with Crippen molar-refractivity contribution in [2.45, 2.75) is 25.9 Å². The number of hydrogen-bond acceptors (Lipinski definition) is 2. The van der Waals surface area contributed by atoms with E-state index in [1.807, 2.05) is 42.9 Å². The predicted octanol–water partition coefficient (Wildman–Crippen LogP) is 2.41. The molecule has 1 fully saturated rings. The number of likely N-dealkylation sites (tertiary alicyclic amines) is 1. The van der Waals surface area contributed by atoms with Crippen molar-refractivity contribution < 1.29 is 4.79 Å². The Morgan fingerprint density at radius 3 is 2.13 bits per heavy atom. The summed E-state index contributed by atoms with van der Waals surface area (Å²) in [4.78, 5) is 22.2. The van der Waals surface area contributed by atoms with Gasteiger partial charge in [-0.15, -0.1) is 24.0 Å². The zero-order valence-electron chi connectivity index (χ0n) is 14.5. The van der Waals surface area contributed by atoms with Gasteiger partial charge in [0.25, 0.3) is 0 Å². The van der Waals surface area contributed by atoms with E-state index in [0.29, 0.717) is 13.0 Å². The molecule has 0 radical (unpaired) electrons. The molecule has 2 rings (SSSR count). The Labute approximate surface area is 156 Å². The van der Waals surface area contributed by atoms with Crippen LogP contribution in [0.15, 0.2) is 29.3 Å². The molecule has 1 aromatic carbocycles. The van der Waals surface area contributed by atoms with Gasteiger partial charge in [0.2, 0.25) is 5.91 Å². The summed E-state index contributed by atoms with van der Waals surface area (Å²) in [7, 11) is 7.98. The third kappa shape index (κ3) is 5.67. The van der Waals surface area contributed by atoms with E-state index in [1.165, 1.54) is 11.1 Å². The molecule has 0 saturated carbocycles. The molecule has 1 heterocycles. The quantitative estimate of drug-likeness (QED) is 0.419. The fourth-order valence-electron chi connectivity index (χ4n) is 2.69. The second kappa shape index (κ2) is 9.10. The number of carbonyl (C=O) groups is 1. The minimum atomic E-state index is 0.